The SMILES string of the molecule is [CH2]C(C)([CH]C)Oc1ccc(Nc2ccc(-c3c4cccc(C(F)(F)F)c4nn3Cc3ccccc3)cc2)cc1. The number of alkyl halides is 3. The number of halogens is 3. The topological polar surface area (TPSA) is 39.1 Å². The molecule has 5 aromatic rings. The second kappa shape index (κ2) is 10.5. The lowest BCUT2D eigenvalue weighted by Gasteiger charge is -2.24. The first kappa shape index (κ1) is 26.4. The average Bonchev–Trinajstić information content (AvgIpc) is 3.28. The Hall–Kier alpha value is -4.26. The van der Waals surface area contributed by atoms with Crippen molar-refractivity contribution in [3.8, 4) is 17.0 Å². The Morgan fingerprint density at radius 3 is 2.13 bits per heavy atom. The van der Waals surface area contributed by atoms with Crippen LogP contribution in [0.5, 0.6) is 5.75 Å². The zero-order valence-electron chi connectivity index (χ0n) is 21.7. The molecule has 2 radical (unpaired) electrons. The Morgan fingerprint density at radius 2 is 1.51 bits per heavy atom. The van der Waals surface area contributed by atoms with Gasteiger partial charge in [0.15, 0.2) is 0 Å². The van der Waals surface area contributed by atoms with Crippen LogP contribution in [0.3, 0.4) is 0 Å². The molecule has 198 valence electrons. The number of aromatic nitrogens is 2. The van der Waals surface area contributed by atoms with Crippen LogP contribution in [0.2, 0.25) is 0 Å². The molecule has 1 unspecified atom stereocenters. The van der Waals surface area contributed by atoms with E-state index < -0.39 is 17.3 Å². The molecule has 0 spiro atoms. The summed E-state index contributed by atoms with van der Waals surface area (Å²) < 4.78 is 48.9. The summed E-state index contributed by atoms with van der Waals surface area (Å²) in [6, 6.07) is 28.9. The number of hydrogen-bond donors (Lipinski definition) is 1. The average molecular weight is 528 g/mol. The van der Waals surface area contributed by atoms with Crippen LogP contribution in [-0.2, 0) is 12.7 Å². The standard InChI is InChI=1S/C32H28F3N3O/c1-4-31(2,3)39-26-19-17-25(18-20-26)36-24-15-13-23(14-16-24)30-27-11-8-12-28(32(33,34)35)29(27)37-38(30)21-22-9-6-5-7-10-22/h4-20,36H,2,21H2,1,3H3. The van der Waals surface area contributed by atoms with Gasteiger partial charge in [-0.15, -0.1) is 0 Å². The lowest BCUT2D eigenvalue weighted by Crippen LogP contribution is -2.27. The number of anilines is 2. The van der Waals surface area contributed by atoms with E-state index in [4.69, 9.17) is 4.74 Å². The van der Waals surface area contributed by atoms with Gasteiger partial charge < -0.3 is 10.1 Å². The van der Waals surface area contributed by atoms with Gasteiger partial charge in [-0.3, -0.25) is 4.68 Å². The molecule has 7 heteroatoms. The zero-order valence-corrected chi connectivity index (χ0v) is 21.7. The van der Waals surface area contributed by atoms with Crippen molar-refractivity contribution >= 4 is 22.3 Å². The molecule has 0 fully saturated rings. The Balaban J connectivity index is 1.46. The smallest absolute Gasteiger partial charge is 0.418 e. The summed E-state index contributed by atoms with van der Waals surface area (Å²) in [5, 5.41) is 8.25. The highest BCUT2D eigenvalue weighted by molar-refractivity contribution is 5.95. The second-order valence-electron chi connectivity index (χ2n) is 9.62. The number of rotatable bonds is 8. The van der Waals surface area contributed by atoms with Crippen LogP contribution in [-0.4, -0.2) is 15.4 Å². The summed E-state index contributed by atoms with van der Waals surface area (Å²) in [6.07, 6.45) is -2.61. The van der Waals surface area contributed by atoms with E-state index in [-0.39, 0.29) is 5.52 Å². The maximum atomic E-state index is 13.8. The van der Waals surface area contributed by atoms with Gasteiger partial charge in [0.1, 0.15) is 16.9 Å². The molecule has 1 N–H and O–H groups in total. The molecule has 1 aromatic heterocycles. The van der Waals surface area contributed by atoms with E-state index in [2.05, 4.69) is 17.3 Å². The van der Waals surface area contributed by atoms with E-state index >= 15 is 0 Å². The van der Waals surface area contributed by atoms with Gasteiger partial charge in [-0.2, -0.15) is 18.3 Å². The molecule has 4 nitrogen and oxygen atoms in total. The second-order valence-corrected chi connectivity index (χ2v) is 9.62. The highest BCUT2D eigenvalue weighted by atomic mass is 19.4. The van der Waals surface area contributed by atoms with Gasteiger partial charge in [0.05, 0.1) is 17.8 Å². The highest BCUT2D eigenvalue weighted by Gasteiger charge is 2.34. The predicted octanol–water partition coefficient (Wildman–Crippen LogP) is 8.71. The third-order valence-corrected chi connectivity index (χ3v) is 6.51. The summed E-state index contributed by atoms with van der Waals surface area (Å²) in [7, 11) is 0. The Morgan fingerprint density at radius 1 is 0.872 bits per heavy atom. The minimum absolute atomic E-state index is 0.0560. The minimum atomic E-state index is -4.50. The Kier molecular flexibility index (Phi) is 7.08. The number of nitrogens with zero attached hydrogens (tertiary/aromatic N) is 2. The van der Waals surface area contributed by atoms with E-state index in [1.54, 1.807) is 10.7 Å². The fraction of sp³-hybridized carbons (Fsp3) is 0.156. The molecule has 0 saturated heterocycles. The molecule has 0 bridgehead atoms. The van der Waals surface area contributed by atoms with Crippen molar-refractivity contribution in [2.24, 2.45) is 0 Å². The quantitative estimate of drug-likeness (QED) is 0.219. The van der Waals surface area contributed by atoms with Crippen LogP contribution in [0.1, 0.15) is 25.0 Å². The van der Waals surface area contributed by atoms with E-state index in [1.807, 2.05) is 99.1 Å². The number of nitrogens with one attached hydrogen (secondary N) is 1. The van der Waals surface area contributed by atoms with Gasteiger partial charge in [-0.05, 0) is 61.9 Å². The van der Waals surface area contributed by atoms with Crippen molar-refractivity contribution in [2.75, 3.05) is 5.32 Å². The van der Waals surface area contributed by atoms with Crippen LogP contribution in [0.25, 0.3) is 22.2 Å². The van der Waals surface area contributed by atoms with Crippen LogP contribution < -0.4 is 10.1 Å². The Bertz CT molecular complexity index is 1560. The van der Waals surface area contributed by atoms with Gasteiger partial charge in [-0.25, -0.2) is 0 Å². The summed E-state index contributed by atoms with van der Waals surface area (Å²) in [4.78, 5) is 0. The molecule has 0 aliphatic carbocycles. The summed E-state index contributed by atoms with van der Waals surface area (Å²) >= 11 is 0. The molecule has 0 aliphatic heterocycles. The lowest BCUT2D eigenvalue weighted by molar-refractivity contribution is -0.136. The van der Waals surface area contributed by atoms with E-state index in [1.165, 1.54) is 6.07 Å². The van der Waals surface area contributed by atoms with Gasteiger partial charge >= 0.3 is 6.18 Å². The molecule has 4 aromatic carbocycles. The first-order valence-corrected chi connectivity index (χ1v) is 12.6. The van der Waals surface area contributed by atoms with Crippen LogP contribution in [0.4, 0.5) is 24.5 Å². The fourth-order valence-corrected chi connectivity index (χ4v) is 4.37. The first-order chi connectivity index (χ1) is 18.6. The number of fused-ring (bicyclic) bond motifs is 1. The summed E-state index contributed by atoms with van der Waals surface area (Å²) in [5.74, 6) is 0.711. The molecule has 0 saturated carbocycles. The fourth-order valence-electron chi connectivity index (χ4n) is 4.37. The van der Waals surface area contributed by atoms with Crippen molar-refractivity contribution < 1.29 is 17.9 Å². The molecule has 0 aliphatic rings. The molecular weight excluding hydrogens is 499 g/mol. The van der Waals surface area contributed by atoms with Gasteiger partial charge in [-0.1, -0.05) is 61.5 Å². The molecule has 1 heterocycles. The zero-order chi connectivity index (χ0) is 27.6. The third kappa shape index (κ3) is 5.93. The molecule has 1 atom stereocenters. The normalized spacial score (nSPS) is 12.1. The number of hydrogen-bond acceptors (Lipinski definition) is 3. The molecular formula is C32H28F3N3O. The molecule has 0 amide bonds. The maximum absolute atomic E-state index is 13.8. The van der Waals surface area contributed by atoms with Crippen LogP contribution in [0, 0.1) is 13.3 Å². The number of benzene rings is 4. The molecule has 5 rings (SSSR count). The van der Waals surface area contributed by atoms with Crippen molar-refractivity contribution in [2.45, 2.75) is 32.2 Å². The maximum Gasteiger partial charge on any atom is 0.418 e. The van der Waals surface area contributed by atoms with Gasteiger partial charge in [0, 0.05) is 28.7 Å². The van der Waals surface area contributed by atoms with Crippen molar-refractivity contribution in [3.63, 3.8) is 0 Å². The largest absolute Gasteiger partial charge is 0.487 e. The van der Waals surface area contributed by atoms with Crippen molar-refractivity contribution in [3.05, 3.63) is 122 Å². The van der Waals surface area contributed by atoms with Crippen molar-refractivity contribution in [1.29, 1.82) is 0 Å². The summed E-state index contributed by atoms with van der Waals surface area (Å²) in [5.41, 5.74) is 2.66. The highest BCUT2D eigenvalue weighted by Crippen LogP contribution is 2.38. The predicted molar refractivity (Wildman–Crippen MR) is 150 cm³/mol. The first-order valence-electron chi connectivity index (χ1n) is 12.6. The van der Waals surface area contributed by atoms with E-state index in [0.29, 0.717) is 23.4 Å². The van der Waals surface area contributed by atoms with Crippen molar-refractivity contribution in [1.82, 2.24) is 9.78 Å². The minimum Gasteiger partial charge on any atom is -0.487 e. The van der Waals surface area contributed by atoms with Crippen LogP contribution >= 0.6 is 0 Å². The van der Waals surface area contributed by atoms with Crippen LogP contribution in [0.15, 0.2) is 97.1 Å². The monoisotopic (exact) mass is 527 g/mol. The third-order valence-electron chi connectivity index (χ3n) is 6.51. The summed E-state index contributed by atoms with van der Waals surface area (Å²) in [6.45, 7) is 8.15. The Labute approximate surface area is 226 Å². The lowest BCUT2D eigenvalue weighted by atomic mass is 10.0. The van der Waals surface area contributed by atoms with Gasteiger partial charge in [0.25, 0.3) is 0 Å². The van der Waals surface area contributed by atoms with E-state index in [0.717, 1.165) is 28.6 Å². The molecule has 39 heavy (non-hydrogen) atoms. The number of ether oxygens (including phenoxy) is 1. The van der Waals surface area contributed by atoms with E-state index in [9.17, 15) is 13.2 Å². The van der Waals surface area contributed by atoms with Gasteiger partial charge in [0.2, 0.25) is 0 Å².